The number of hydrogen-bond donors (Lipinski definition) is 3. The van der Waals surface area contributed by atoms with Crippen molar-refractivity contribution >= 4 is 21.7 Å². The Kier molecular flexibility index (Phi) is 6.58. The SMILES string of the molecule is NC(=O)c1ccnc(NC(C2CCNCC2)S(=O)(=O)CCc2ccccc2)n1. The molecular weight excluding hydrogens is 378 g/mol. The first kappa shape index (κ1) is 20.2. The number of amides is 1. The van der Waals surface area contributed by atoms with Gasteiger partial charge in [-0.25, -0.2) is 18.4 Å². The van der Waals surface area contributed by atoms with Gasteiger partial charge in [0.2, 0.25) is 5.95 Å². The van der Waals surface area contributed by atoms with Crippen LogP contribution in [0.3, 0.4) is 0 Å². The maximum Gasteiger partial charge on any atom is 0.267 e. The van der Waals surface area contributed by atoms with Crippen molar-refractivity contribution < 1.29 is 13.2 Å². The summed E-state index contributed by atoms with van der Waals surface area (Å²) in [7, 11) is -3.49. The predicted molar refractivity (Wildman–Crippen MR) is 107 cm³/mol. The summed E-state index contributed by atoms with van der Waals surface area (Å²) in [6.45, 7) is 1.53. The van der Waals surface area contributed by atoms with Crippen LogP contribution in [-0.4, -0.2) is 48.5 Å². The van der Waals surface area contributed by atoms with Crippen molar-refractivity contribution in [3.05, 3.63) is 53.9 Å². The minimum atomic E-state index is -3.49. The van der Waals surface area contributed by atoms with Crippen LogP contribution in [0.5, 0.6) is 0 Å². The number of nitrogens with two attached hydrogens (primary N) is 1. The highest BCUT2D eigenvalue weighted by Crippen LogP contribution is 2.24. The molecule has 2 heterocycles. The maximum absolute atomic E-state index is 13.2. The summed E-state index contributed by atoms with van der Waals surface area (Å²) in [6.07, 6.45) is 3.30. The maximum atomic E-state index is 13.2. The van der Waals surface area contributed by atoms with E-state index in [2.05, 4.69) is 20.6 Å². The monoisotopic (exact) mass is 403 g/mol. The lowest BCUT2D eigenvalue weighted by Gasteiger charge is -2.31. The lowest BCUT2D eigenvalue weighted by Crippen LogP contribution is -2.44. The molecule has 1 aromatic carbocycles. The average Bonchev–Trinajstić information content (AvgIpc) is 2.72. The third-order valence-electron chi connectivity index (χ3n) is 4.90. The number of anilines is 1. The molecule has 1 aromatic heterocycles. The summed E-state index contributed by atoms with van der Waals surface area (Å²) in [5.41, 5.74) is 6.29. The fourth-order valence-corrected chi connectivity index (χ4v) is 5.29. The molecule has 28 heavy (non-hydrogen) atoms. The van der Waals surface area contributed by atoms with Crippen molar-refractivity contribution in [2.24, 2.45) is 11.7 Å². The number of nitrogens with one attached hydrogen (secondary N) is 2. The lowest BCUT2D eigenvalue weighted by molar-refractivity contribution is 0.0995. The second-order valence-electron chi connectivity index (χ2n) is 6.88. The predicted octanol–water partition coefficient (Wildman–Crippen LogP) is 0.971. The highest BCUT2D eigenvalue weighted by molar-refractivity contribution is 7.92. The number of rotatable bonds is 8. The number of aryl methyl sites for hydroxylation is 1. The Hall–Kier alpha value is -2.52. The molecule has 1 fully saturated rings. The second-order valence-corrected chi connectivity index (χ2v) is 9.13. The summed E-state index contributed by atoms with van der Waals surface area (Å²) in [4.78, 5) is 19.5. The van der Waals surface area contributed by atoms with Gasteiger partial charge in [0.1, 0.15) is 11.1 Å². The van der Waals surface area contributed by atoms with Gasteiger partial charge in [-0.15, -0.1) is 0 Å². The third kappa shape index (κ3) is 5.26. The first-order valence-corrected chi connectivity index (χ1v) is 11.0. The van der Waals surface area contributed by atoms with E-state index in [1.807, 2.05) is 30.3 Å². The van der Waals surface area contributed by atoms with Crippen LogP contribution >= 0.6 is 0 Å². The molecule has 0 radical (unpaired) electrons. The van der Waals surface area contributed by atoms with Gasteiger partial charge in [-0.1, -0.05) is 30.3 Å². The molecule has 2 aromatic rings. The van der Waals surface area contributed by atoms with Gasteiger partial charge in [0.05, 0.1) is 5.75 Å². The van der Waals surface area contributed by atoms with Crippen LogP contribution < -0.4 is 16.4 Å². The van der Waals surface area contributed by atoms with E-state index in [0.29, 0.717) is 6.42 Å². The van der Waals surface area contributed by atoms with E-state index in [-0.39, 0.29) is 23.3 Å². The van der Waals surface area contributed by atoms with E-state index in [0.717, 1.165) is 31.5 Å². The zero-order chi connectivity index (χ0) is 20.0. The second kappa shape index (κ2) is 9.11. The summed E-state index contributed by atoms with van der Waals surface area (Å²) in [5.74, 6) is -0.629. The van der Waals surface area contributed by atoms with E-state index < -0.39 is 21.1 Å². The minimum Gasteiger partial charge on any atom is -0.364 e. The van der Waals surface area contributed by atoms with Crippen LogP contribution in [0.4, 0.5) is 5.95 Å². The molecule has 0 bridgehead atoms. The largest absolute Gasteiger partial charge is 0.364 e. The lowest BCUT2D eigenvalue weighted by atomic mass is 9.98. The molecule has 8 nitrogen and oxygen atoms in total. The molecule has 9 heteroatoms. The smallest absolute Gasteiger partial charge is 0.267 e. The molecule has 1 atom stereocenters. The third-order valence-corrected chi connectivity index (χ3v) is 6.95. The quantitative estimate of drug-likeness (QED) is 0.599. The van der Waals surface area contributed by atoms with Gasteiger partial charge >= 0.3 is 0 Å². The van der Waals surface area contributed by atoms with Gasteiger partial charge in [0.25, 0.3) is 5.91 Å². The number of benzene rings is 1. The molecule has 0 saturated carbocycles. The Morgan fingerprint density at radius 1 is 1.21 bits per heavy atom. The summed E-state index contributed by atoms with van der Waals surface area (Å²) < 4.78 is 26.4. The van der Waals surface area contributed by atoms with Crippen molar-refractivity contribution in [2.45, 2.75) is 24.6 Å². The zero-order valence-electron chi connectivity index (χ0n) is 15.5. The first-order valence-electron chi connectivity index (χ1n) is 9.31. The van der Waals surface area contributed by atoms with Gasteiger partial charge in [-0.2, -0.15) is 0 Å². The molecule has 0 aliphatic carbocycles. The number of aromatic nitrogens is 2. The summed E-state index contributed by atoms with van der Waals surface area (Å²) in [6, 6.07) is 10.9. The van der Waals surface area contributed by atoms with Gasteiger partial charge in [-0.05, 0) is 49.9 Å². The average molecular weight is 404 g/mol. The van der Waals surface area contributed by atoms with E-state index >= 15 is 0 Å². The van der Waals surface area contributed by atoms with Crippen molar-refractivity contribution in [2.75, 3.05) is 24.2 Å². The molecule has 1 unspecified atom stereocenters. The zero-order valence-corrected chi connectivity index (χ0v) is 16.4. The standard InChI is InChI=1S/C19H25N5O3S/c20-17(25)16-8-12-22-19(23-16)24-18(15-6-10-21-11-7-15)28(26,27)13-9-14-4-2-1-3-5-14/h1-5,8,12,15,18,21H,6-7,9-11,13H2,(H2,20,25)(H,22,23,24). The Bertz CT molecular complexity index is 899. The Labute approximate surface area is 164 Å². The Morgan fingerprint density at radius 3 is 2.61 bits per heavy atom. The summed E-state index contributed by atoms with van der Waals surface area (Å²) in [5, 5.41) is 5.41. The van der Waals surface area contributed by atoms with Crippen LogP contribution in [0.2, 0.25) is 0 Å². The van der Waals surface area contributed by atoms with E-state index in [1.54, 1.807) is 0 Å². The van der Waals surface area contributed by atoms with Crippen molar-refractivity contribution in [1.29, 1.82) is 0 Å². The number of hydrogen-bond acceptors (Lipinski definition) is 7. The molecule has 0 spiro atoms. The van der Waals surface area contributed by atoms with Crippen molar-refractivity contribution in [1.82, 2.24) is 15.3 Å². The molecule has 150 valence electrons. The Balaban J connectivity index is 1.81. The van der Waals surface area contributed by atoms with Gasteiger partial charge in [0, 0.05) is 6.20 Å². The fourth-order valence-electron chi connectivity index (χ4n) is 3.37. The summed E-state index contributed by atoms with van der Waals surface area (Å²) >= 11 is 0. The normalized spacial score (nSPS) is 16.4. The number of carbonyl (C=O) groups excluding carboxylic acids is 1. The minimum absolute atomic E-state index is 0.0219. The van der Waals surface area contributed by atoms with Crippen LogP contribution in [0.1, 0.15) is 28.9 Å². The van der Waals surface area contributed by atoms with Crippen molar-refractivity contribution in [3.8, 4) is 0 Å². The van der Waals surface area contributed by atoms with Gasteiger partial charge in [0.15, 0.2) is 9.84 Å². The number of sulfone groups is 1. The van der Waals surface area contributed by atoms with E-state index in [1.165, 1.54) is 12.3 Å². The fraction of sp³-hybridized carbons (Fsp3) is 0.421. The Morgan fingerprint density at radius 2 is 1.93 bits per heavy atom. The number of nitrogens with zero attached hydrogens (tertiary/aromatic N) is 2. The highest BCUT2D eigenvalue weighted by atomic mass is 32.2. The molecule has 3 rings (SSSR count). The van der Waals surface area contributed by atoms with Crippen molar-refractivity contribution in [3.63, 3.8) is 0 Å². The number of piperidine rings is 1. The highest BCUT2D eigenvalue weighted by Gasteiger charge is 2.34. The van der Waals surface area contributed by atoms with Crippen LogP contribution in [0, 0.1) is 5.92 Å². The van der Waals surface area contributed by atoms with Crippen LogP contribution in [0.25, 0.3) is 0 Å². The van der Waals surface area contributed by atoms with Gasteiger partial charge in [-0.3, -0.25) is 4.79 Å². The van der Waals surface area contributed by atoms with E-state index in [4.69, 9.17) is 5.73 Å². The van der Waals surface area contributed by atoms with E-state index in [9.17, 15) is 13.2 Å². The molecular formula is C19H25N5O3S. The topological polar surface area (TPSA) is 127 Å². The molecule has 1 aliphatic rings. The van der Waals surface area contributed by atoms with Crippen LogP contribution in [0.15, 0.2) is 42.6 Å². The van der Waals surface area contributed by atoms with Gasteiger partial charge < -0.3 is 16.4 Å². The first-order chi connectivity index (χ1) is 13.5. The number of primary amides is 1. The number of carbonyl (C=O) groups is 1. The van der Waals surface area contributed by atoms with Crippen LogP contribution in [-0.2, 0) is 16.3 Å². The molecule has 1 amide bonds. The molecule has 4 N–H and O–H groups in total. The molecule has 1 aliphatic heterocycles. The molecule has 1 saturated heterocycles.